The van der Waals surface area contributed by atoms with E-state index in [0.717, 1.165) is 50.6 Å². The van der Waals surface area contributed by atoms with Gasteiger partial charge in [0.25, 0.3) is 0 Å². The summed E-state index contributed by atoms with van der Waals surface area (Å²) in [6.07, 6.45) is 7.25. The first-order chi connectivity index (χ1) is 17.7. The van der Waals surface area contributed by atoms with Gasteiger partial charge in [0.15, 0.2) is 0 Å². The number of Topliss-reactive ketones (excluding diaryl/α,β-unsaturated/α-hetero) is 1. The Balaban J connectivity index is 0. The zero-order valence-electron chi connectivity index (χ0n) is 22.1. The first kappa shape index (κ1) is 38.2. The largest absolute Gasteiger partial charge is 0.466 e. The number of halogens is 2. The minimum absolute atomic E-state index is 0. The van der Waals surface area contributed by atoms with Crippen molar-refractivity contribution in [1.82, 2.24) is 0 Å². The molecule has 0 saturated heterocycles. The van der Waals surface area contributed by atoms with Gasteiger partial charge in [-0.2, -0.15) is 9.59 Å². The first-order valence-electron chi connectivity index (χ1n) is 12.5. The fraction of sp³-hybridized carbons (Fsp3) is 0.483. The third-order valence-electron chi connectivity index (χ3n) is 6.10. The maximum Gasteiger partial charge on any atom is 0.373 e. The Labute approximate surface area is 243 Å². The molecule has 3 atom stereocenters. The Morgan fingerprint density at radius 2 is 1.51 bits per heavy atom. The molecule has 0 spiro atoms. The molecule has 0 bridgehead atoms. The predicted octanol–water partition coefficient (Wildman–Crippen LogP) is 6.19. The van der Waals surface area contributed by atoms with E-state index in [2.05, 4.69) is 12.2 Å². The average molecular weight is 600 g/mol. The number of esters is 1. The van der Waals surface area contributed by atoms with Gasteiger partial charge < -0.3 is 15.8 Å². The molecule has 0 radical (unpaired) electrons. The van der Waals surface area contributed by atoms with Crippen LogP contribution in [0.1, 0.15) is 66.2 Å². The summed E-state index contributed by atoms with van der Waals surface area (Å²) >= 11 is 0. The number of nitrogens with two attached hydrogens (primary N) is 1. The van der Waals surface area contributed by atoms with Crippen LogP contribution in [0.5, 0.6) is 0 Å². The Hall–Kier alpha value is -2.96. The predicted molar refractivity (Wildman–Crippen MR) is 143 cm³/mol. The monoisotopic (exact) mass is 598 g/mol. The van der Waals surface area contributed by atoms with Crippen molar-refractivity contribution in [3.8, 4) is 0 Å². The molecule has 39 heavy (non-hydrogen) atoms. The Morgan fingerprint density at radius 1 is 0.974 bits per heavy atom. The minimum atomic E-state index is -0.256. The van der Waals surface area contributed by atoms with Crippen molar-refractivity contribution in [2.24, 2.45) is 11.8 Å². The number of ketones is 1. The number of nitrogen functional groups attached to an aromatic ring is 1. The topological polar surface area (TPSA) is 116 Å². The van der Waals surface area contributed by atoms with E-state index in [1.54, 1.807) is 12.1 Å². The number of rotatable bonds is 5. The zero-order chi connectivity index (χ0) is 27.6. The summed E-state index contributed by atoms with van der Waals surface area (Å²) in [4.78, 5) is 38.8. The number of anilines is 2. The molecule has 7 nitrogen and oxygen atoms in total. The number of hydrogen-bond donors (Lipinski definition) is 2. The molecule has 212 valence electrons. The van der Waals surface area contributed by atoms with E-state index in [-0.39, 0.29) is 62.6 Å². The van der Waals surface area contributed by atoms with Crippen LogP contribution in [0.25, 0.3) is 0 Å². The fourth-order valence-corrected chi connectivity index (χ4v) is 4.21. The SMILES string of the molecule is C.CCC1CCCC1=O.CCOC(=O)C1CCCC1Nc1ccc(F)cc1.Nc1ccc(F)cc1.O=C=O.[Zn]. The van der Waals surface area contributed by atoms with E-state index in [4.69, 9.17) is 20.1 Å². The van der Waals surface area contributed by atoms with E-state index in [1.807, 2.05) is 6.92 Å². The fourth-order valence-electron chi connectivity index (χ4n) is 4.21. The quantitative estimate of drug-likeness (QED) is 0.239. The molecule has 2 saturated carbocycles. The van der Waals surface area contributed by atoms with E-state index in [0.29, 0.717) is 24.0 Å². The van der Waals surface area contributed by atoms with Crippen LogP contribution in [0.15, 0.2) is 48.5 Å². The second-order valence-corrected chi connectivity index (χ2v) is 8.65. The van der Waals surface area contributed by atoms with Gasteiger partial charge in [-0.05, 0) is 87.6 Å². The molecule has 2 aromatic carbocycles. The summed E-state index contributed by atoms with van der Waals surface area (Å²) < 4.78 is 29.9. The maximum atomic E-state index is 12.8. The van der Waals surface area contributed by atoms with Crippen LogP contribution < -0.4 is 11.1 Å². The van der Waals surface area contributed by atoms with Gasteiger partial charge in [-0.1, -0.05) is 20.8 Å². The van der Waals surface area contributed by atoms with Crippen molar-refractivity contribution >= 4 is 29.3 Å². The molecule has 2 fully saturated rings. The van der Waals surface area contributed by atoms with Crippen molar-refractivity contribution in [1.29, 1.82) is 0 Å². The van der Waals surface area contributed by atoms with Crippen molar-refractivity contribution in [2.45, 2.75) is 72.3 Å². The molecule has 10 heteroatoms. The number of carbonyl (C=O) groups is 2. The van der Waals surface area contributed by atoms with Crippen LogP contribution in [0, 0.1) is 23.5 Å². The normalized spacial score (nSPS) is 18.6. The van der Waals surface area contributed by atoms with Gasteiger partial charge in [-0.15, -0.1) is 0 Å². The Bertz CT molecular complexity index is 963. The van der Waals surface area contributed by atoms with E-state index in [1.165, 1.54) is 36.4 Å². The number of nitrogens with one attached hydrogen (secondary N) is 1. The second-order valence-electron chi connectivity index (χ2n) is 8.65. The summed E-state index contributed by atoms with van der Waals surface area (Å²) in [5.74, 6) is 0.195. The molecule has 0 aliphatic heterocycles. The van der Waals surface area contributed by atoms with Crippen molar-refractivity contribution in [3.05, 3.63) is 60.2 Å². The summed E-state index contributed by atoms with van der Waals surface area (Å²) in [5.41, 5.74) is 6.69. The number of carbonyl (C=O) groups excluding carboxylic acids is 4. The van der Waals surface area contributed by atoms with E-state index in [9.17, 15) is 18.4 Å². The average Bonchev–Trinajstić information content (AvgIpc) is 3.52. The minimum Gasteiger partial charge on any atom is -0.466 e. The first-order valence-corrected chi connectivity index (χ1v) is 12.5. The summed E-state index contributed by atoms with van der Waals surface area (Å²) in [6.45, 7) is 4.32. The molecule has 0 heterocycles. The number of hydrogen-bond acceptors (Lipinski definition) is 7. The van der Waals surface area contributed by atoms with Crippen molar-refractivity contribution < 1.29 is 52.2 Å². The maximum absolute atomic E-state index is 12.8. The van der Waals surface area contributed by atoms with Crippen LogP contribution in [-0.4, -0.2) is 30.6 Å². The molecule has 0 aromatic heterocycles. The summed E-state index contributed by atoms with van der Waals surface area (Å²) in [6, 6.07) is 12.0. The van der Waals surface area contributed by atoms with E-state index < -0.39 is 0 Å². The number of benzene rings is 2. The molecule has 3 unspecified atom stereocenters. The molecule has 2 aliphatic carbocycles. The van der Waals surface area contributed by atoms with Crippen molar-refractivity contribution in [3.63, 3.8) is 0 Å². The Morgan fingerprint density at radius 3 is 1.92 bits per heavy atom. The van der Waals surface area contributed by atoms with Crippen molar-refractivity contribution in [2.75, 3.05) is 17.7 Å². The van der Waals surface area contributed by atoms with Gasteiger partial charge in [0.05, 0.1) is 12.5 Å². The van der Waals surface area contributed by atoms with Crippen LogP contribution in [0.3, 0.4) is 0 Å². The summed E-state index contributed by atoms with van der Waals surface area (Å²) in [5, 5.41) is 3.29. The molecule has 2 aromatic rings. The molecule has 4 rings (SSSR count). The molecule has 2 aliphatic rings. The summed E-state index contributed by atoms with van der Waals surface area (Å²) in [7, 11) is 0. The van der Waals surface area contributed by atoms with E-state index >= 15 is 0 Å². The molecule has 0 amide bonds. The third-order valence-corrected chi connectivity index (χ3v) is 6.10. The Kier molecular flexibility index (Phi) is 21.5. The van der Waals surface area contributed by atoms with Gasteiger partial charge in [-0.25, -0.2) is 8.78 Å². The molecular weight excluding hydrogens is 560 g/mol. The van der Waals surface area contributed by atoms with Gasteiger partial charge >= 0.3 is 12.1 Å². The van der Waals surface area contributed by atoms with Gasteiger partial charge in [0, 0.05) is 49.2 Å². The van der Waals surface area contributed by atoms with Crippen LogP contribution in [0.2, 0.25) is 0 Å². The second kappa shape index (κ2) is 21.9. The molecule has 3 N–H and O–H groups in total. The number of ether oxygens (including phenoxy) is 1. The van der Waals surface area contributed by atoms with Gasteiger partial charge in [0.1, 0.15) is 17.4 Å². The van der Waals surface area contributed by atoms with Crippen LogP contribution >= 0.6 is 0 Å². The zero-order valence-corrected chi connectivity index (χ0v) is 25.1. The van der Waals surface area contributed by atoms with Gasteiger partial charge in [0.2, 0.25) is 0 Å². The van der Waals surface area contributed by atoms with Gasteiger partial charge in [-0.3, -0.25) is 9.59 Å². The third kappa shape index (κ3) is 15.3. The van der Waals surface area contributed by atoms with Crippen LogP contribution in [-0.2, 0) is 43.4 Å². The van der Waals surface area contributed by atoms with Crippen LogP contribution in [0.4, 0.5) is 20.2 Å². The smallest absolute Gasteiger partial charge is 0.373 e. The standard InChI is InChI=1S/C14H18FNO2.C7H12O.C6H6FN.CO2.CH4.Zn/c1-2-18-14(17)12-4-3-5-13(12)16-11-8-6-10(15)7-9-11;1-2-6-4-3-5-7(6)8;7-5-1-3-6(8)4-2-5;2-1-3;;/h6-9,12-13,16H,2-5H2,1H3;6H,2-5H2,1H3;1-4H,8H2;;1H4;. The molecular formula is C29H40F2N2O5Zn.